The molecule has 0 saturated carbocycles. The van der Waals surface area contributed by atoms with E-state index in [4.69, 9.17) is 13.9 Å². The molecule has 2 aromatic carbocycles. The molecule has 0 aliphatic carbocycles. The van der Waals surface area contributed by atoms with Crippen LogP contribution in [-0.4, -0.2) is 22.4 Å². The van der Waals surface area contributed by atoms with E-state index in [0.717, 1.165) is 0 Å². The number of benzene rings is 2. The molecule has 0 atom stereocenters. The van der Waals surface area contributed by atoms with Gasteiger partial charge in [0.2, 0.25) is 0 Å². The third kappa shape index (κ3) is 5.19. The number of aryl methyl sites for hydroxylation is 1. The molecule has 0 bridgehead atoms. The summed E-state index contributed by atoms with van der Waals surface area (Å²) < 4.78 is 16.1. The summed E-state index contributed by atoms with van der Waals surface area (Å²) in [5, 5.41) is 24.9. The molecule has 0 saturated heterocycles. The molecule has 1 amide bonds. The summed E-state index contributed by atoms with van der Waals surface area (Å²) in [4.78, 5) is 33.8. The number of hydrogen-bond donors (Lipinski definition) is 1. The molecule has 166 valence electrons. The average molecular weight is 441 g/mol. The lowest BCUT2D eigenvalue weighted by molar-refractivity contribution is -0.386. The Bertz CT molecular complexity index is 1170. The van der Waals surface area contributed by atoms with Gasteiger partial charge in [0.1, 0.15) is 23.8 Å². The Labute approximate surface area is 181 Å². The van der Waals surface area contributed by atoms with Crippen molar-refractivity contribution < 1.29 is 28.5 Å². The molecule has 0 unspecified atom stereocenters. The number of rotatable bonds is 9. The third-order valence-corrected chi connectivity index (χ3v) is 4.29. The lowest BCUT2D eigenvalue weighted by Crippen LogP contribution is -2.12. The molecular formula is C21H19N3O8. The van der Waals surface area contributed by atoms with E-state index in [1.165, 1.54) is 42.5 Å². The van der Waals surface area contributed by atoms with Gasteiger partial charge < -0.3 is 19.2 Å². The summed E-state index contributed by atoms with van der Waals surface area (Å²) in [6.45, 7) is 3.66. The second-order valence-electron chi connectivity index (χ2n) is 6.61. The number of amides is 1. The molecule has 32 heavy (non-hydrogen) atoms. The van der Waals surface area contributed by atoms with E-state index in [1.807, 2.05) is 0 Å². The number of carbonyl (C=O) groups excluding carboxylic acids is 1. The van der Waals surface area contributed by atoms with Gasteiger partial charge >= 0.3 is 5.69 Å². The van der Waals surface area contributed by atoms with Crippen LogP contribution in [0.5, 0.6) is 11.5 Å². The highest BCUT2D eigenvalue weighted by Gasteiger charge is 2.20. The Balaban J connectivity index is 1.70. The minimum atomic E-state index is -0.704. The first-order chi connectivity index (χ1) is 15.3. The summed E-state index contributed by atoms with van der Waals surface area (Å²) in [5.41, 5.74) is 0.181. The van der Waals surface area contributed by atoms with Gasteiger partial charge in [0, 0.05) is 6.07 Å². The highest BCUT2D eigenvalue weighted by molar-refractivity contribution is 6.03. The molecule has 3 aromatic rings. The first-order valence-electron chi connectivity index (χ1n) is 9.47. The lowest BCUT2D eigenvalue weighted by atomic mass is 10.2. The van der Waals surface area contributed by atoms with E-state index in [-0.39, 0.29) is 40.9 Å². The number of ether oxygens (including phenoxy) is 2. The molecule has 3 rings (SSSR count). The maximum Gasteiger partial charge on any atom is 0.311 e. The number of hydrogen-bond acceptors (Lipinski definition) is 8. The maximum absolute atomic E-state index is 12.5. The fraction of sp³-hybridized carbons (Fsp3) is 0.190. The Morgan fingerprint density at radius 1 is 1.00 bits per heavy atom. The van der Waals surface area contributed by atoms with Crippen LogP contribution >= 0.6 is 0 Å². The van der Waals surface area contributed by atoms with Crippen molar-refractivity contribution in [2.45, 2.75) is 20.5 Å². The van der Waals surface area contributed by atoms with E-state index in [0.29, 0.717) is 17.9 Å². The van der Waals surface area contributed by atoms with Crippen molar-refractivity contribution >= 4 is 23.0 Å². The van der Waals surface area contributed by atoms with E-state index in [9.17, 15) is 25.0 Å². The minimum Gasteiger partial charge on any atom is -0.494 e. The molecule has 0 fully saturated rings. The van der Waals surface area contributed by atoms with Crippen molar-refractivity contribution in [2.24, 2.45) is 0 Å². The van der Waals surface area contributed by atoms with Gasteiger partial charge in [-0.1, -0.05) is 6.07 Å². The number of nitro benzene ring substituents is 2. The zero-order valence-corrected chi connectivity index (χ0v) is 17.2. The highest BCUT2D eigenvalue weighted by Crippen LogP contribution is 2.30. The first-order valence-corrected chi connectivity index (χ1v) is 9.47. The van der Waals surface area contributed by atoms with Gasteiger partial charge in [0.25, 0.3) is 11.6 Å². The van der Waals surface area contributed by atoms with Crippen molar-refractivity contribution in [1.82, 2.24) is 0 Å². The number of nitrogens with one attached hydrogen (secondary N) is 1. The number of furan rings is 1. The molecule has 1 aromatic heterocycles. The molecule has 0 aliphatic heterocycles. The van der Waals surface area contributed by atoms with Crippen LogP contribution in [0.25, 0.3) is 0 Å². The van der Waals surface area contributed by atoms with Crippen LogP contribution in [0, 0.1) is 27.2 Å². The van der Waals surface area contributed by atoms with Crippen molar-refractivity contribution in [3.63, 3.8) is 0 Å². The van der Waals surface area contributed by atoms with Gasteiger partial charge in [-0.25, -0.2) is 0 Å². The van der Waals surface area contributed by atoms with Gasteiger partial charge in [-0.2, -0.15) is 0 Å². The van der Waals surface area contributed by atoms with Crippen LogP contribution in [-0.2, 0) is 6.61 Å². The predicted molar refractivity (Wildman–Crippen MR) is 113 cm³/mol. The van der Waals surface area contributed by atoms with E-state index in [1.54, 1.807) is 19.9 Å². The van der Waals surface area contributed by atoms with E-state index < -0.39 is 15.8 Å². The van der Waals surface area contributed by atoms with Crippen molar-refractivity contribution in [3.8, 4) is 11.5 Å². The van der Waals surface area contributed by atoms with Crippen LogP contribution < -0.4 is 14.8 Å². The minimum absolute atomic E-state index is 0.0204. The first kappa shape index (κ1) is 22.3. The fourth-order valence-electron chi connectivity index (χ4n) is 2.83. The maximum atomic E-state index is 12.5. The summed E-state index contributed by atoms with van der Waals surface area (Å²) in [7, 11) is 0. The van der Waals surface area contributed by atoms with Crippen molar-refractivity contribution in [3.05, 3.63) is 85.8 Å². The standard InChI is InChI=1S/C21H19N3O8/c1-3-30-14-5-7-16(17(11-14)23(26)27)22-21(25)20-9-6-15(32-20)12-31-19-8-4-13(2)10-18(19)24(28)29/h4-11H,3,12H2,1-2H3,(H,22,25). The fourth-order valence-corrected chi connectivity index (χ4v) is 2.83. The van der Waals surface area contributed by atoms with Crippen LogP contribution in [0.15, 0.2) is 52.9 Å². The Kier molecular flexibility index (Phi) is 6.68. The topological polar surface area (TPSA) is 147 Å². The second-order valence-corrected chi connectivity index (χ2v) is 6.61. The van der Waals surface area contributed by atoms with Crippen LogP contribution in [0.4, 0.5) is 17.1 Å². The smallest absolute Gasteiger partial charge is 0.311 e. The molecule has 0 spiro atoms. The third-order valence-electron chi connectivity index (χ3n) is 4.29. The Hall–Kier alpha value is -4.41. The number of nitrogens with zero attached hydrogens (tertiary/aromatic N) is 2. The molecule has 1 heterocycles. The van der Waals surface area contributed by atoms with Gasteiger partial charge in [-0.3, -0.25) is 25.0 Å². The summed E-state index contributed by atoms with van der Waals surface area (Å²) in [6.07, 6.45) is 0. The number of nitro groups is 2. The zero-order valence-electron chi connectivity index (χ0n) is 17.2. The summed E-state index contributed by atoms with van der Waals surface area (Å²) >= 11 is 0. The highest BCUT2D eigenvalue weighted by atomic mass is 16.6. The zero-order chi connectivity index (χ0) is 23.3. The molecule has 11 heteroatoms. The quantitative estimate of drug-likeness (QED) is 0.373. The number of carbonyl (C=O) groups is 1. The summed E-state index contributed by atoms with van der Waals surface area (Å²) in [5.74, 6) is -0.200. The number of anilines is 1. The summed E-state index contributed by atoms with van der Waals surface area (Å²) in [6, 6.07) is 11.5. The van der Waals surface area contributed by atoms with Crippen LogP contribution in [0.2, 0.25) is 0 Å². The van der Waals surface area contributed by atoms with Crippen molar-refractivity contribution in [2.75, 3.05) is 11.9 Å². The molecule has 1 N–H and O–H groups in total. The SMILES string of the molecule is CCOc1ccc(NC(=O)c2ccc(COc3ccc(C)cc3[N+](=O)[O-])o2)c([N+](=O)[O-])c1. The molecule has 0 radical (unpaired) electrons. The van der Waals surface area contributed by atoms with Crippen LogP contribution in [0.3, 0.4) is 0 Å². The van der Waals surface area contributed by atoms with E-state index >= 15 is 0 Å². The monoisotopic (exact) mass is 441 g/mol. The largest absolute Gasteiger partial charge is 0.494 e. The average Bonchev–Trinajstić information content (AvgIpc) is 3.23. The van der Waals surface area contributed by atoms with Gasteiger partial charge in [0.05, 0.1) is 22.5 Å². The molecule has 0 aliphatic rings. The molecular weight excluding hydrogens is 422 g/mol. The Morgan fingerprint density at radius 3 is 2.44 bits per heavy atom. The van der Waals surface area contributed by atoms with Crippen LogP contribution in [0.1, 0.15) is 28.8 Å². The second kappa shape index (κ2) is 9.60. The van der Waals surface area contributed by atoms with Gasteiger partial charge in [0.15, 0.2) is 11.5 Å². The Morgan fingerprint density at radius 2 is 1.75 bits per heavy atom. The normalized spacial score (nSPS) is 10.4. The predicted octanol–water partition coefficient (Wildman–Crippen LogP) is 4.63. The van der Waals surface area contributed by atoms with Gasteiger partial charge in [-0.15, -0.1) is 0 Å². The molecule has 11 nitrogen and oxygen atoms in total. The van der Waals surface area contributed by atoms with E-state index in [2.05, 4.69) is 5.32 Å². The van der Waals surface area contributed by atoms with Crippen molar-refractivity contribution in [1.29, 1.82) is 0 Å². The lowest BCUT2D eigenvalue weighted by Gasteiger charge is -2.07. The van der Waals surface area contributed by atoms with Gasteiger partial charge in [-0.05, 0) is 49.7 Å².